The predicted molar refractivity (Wildman–Crippen MR) is 226 cm³/mol. The number of H-pyrrole nitrogens is 1. The van der Waals surface area contributed by atoms with Crippen LogP contribution in [0.3, 0.4) is 0 Å². The lowest BCUT2D eigenvalue weighted by Gasteiger charge is -2.13. The first-order chi connectivity index (χ1) is 26.7. The lowest BCUT2D eigenvalue weighted by molar-refractivity contribution is 0.915. The normalized spacial score (nSPS) is 12.0. The topological polar surface area (TPSA) is 69.0 Å². The molecule has 256 valence electrons. The Balaban J connectivity index is 1.03. The fourth-order valence-electron chi connectivity index (χ4n) is 7.74. The lowest BCUT2D eigenvalue weighted by Crippen LogP contribution is -2.25. The van der Waals surface area contributed by atoms with Gasteiger partial charge in [0.25, 0.3) is 0 Å². The van der Waals surface area contributed by atoms with E-state index in [1.54, 1.807) is 0 Å². The van der Waals surface area contributed by atoms with Crippen molar-refractivity contribution in [2.24, 2.45) is 4.99 Å². The Hall–Kier alpha value is -7.24. The van der Waals surface area contributed by atoms with E-state index in [-0.39, 0.29) is 5.84 Å². The van der Waals surface area contributed by atoms with Crippen molar-refractivity contribution in [1.29, 1.82) is 5.41 Å². The van der Waals surface area contributed by atoms with Crippen molar-refractivity contribution in [3.63, 3.8) is 0 Å². The second kappa shape index (κ2) is 13.1. The Kier molecular flexibility index (Phi) is 7.62. The van der Waals surface area contributed by atoms with Gasteiger partial charge < -0.3 is 14.9 Å². The highest BCUT2D eigenvalue weighted by atomic mass is 15.0. The molecule has 10 rings (SSSR count). The van der Waals surface area contributed by atoms with E-state index in [4.69, 9.17) is 10.4 Å². The molecule has 2 aromatic heterocycles. The van der Waals surface area contributed by atoms with E-state index in [9.17, 15) is 0 Å². The number of hydrogen-bond donors (Lipinski definition) is 3. The molecule has 0 radical (unpaired) electrons. The van der Waals surface area contributed by atoms with Gasteiger partial charge in [0, 0.05) is 55.9 Å². The molecule has 54 heavy (non-hydrogen) atoms. The van der Waals surface area contributed by atoms with E-state index in [2.05, 4.69) is 148 Å². The predicted octanol–water partition coefficient (Wildman–Crippen LogP) is 11.8. The summed E-state index contributed by atoms with van der Waals surface area (Å²) < 4.78 is 2.38. The number of aliphatic imine (C=N–C) groups is 1. The van der Waals surface area contributed by atoms with Crippen LogP contribution in [0.2, 0.25) is 0 Å². The molecule has 0 unspecified atom stereocenters. The van der Waals surface area contributed by atoms with E-state index in [0.717, 1.165) is 44.2 Å². The van der Waals surface area contributed by atoms with Crippen LogP contribution in [0, 0.1) is 5.41 Å². The largest absolute Gasteiger partial charge is 0.365 e. The summed E-state index contributed by atoms with van der Waals surface area (Å²) in [5, 5.41) is 19.5. The van der Waals surface area contributed by atoms with Gasteiger partial charge in [-0.1, -0.05) is 127 Å². The van der Waals surface area contributed by atoms with Crippen molar-refractivity contribution in [3.05, 3.63) is 199 Å². The van der Waals surface area contributed by atoms with Crippen LogP contribution >= 0.6 is 0 Å². The summed E-state index contributed by atoms with van der Waals surface area (Å²) in [5.41, 5.74) is 11.0. The van der Waals surface area contributed by atoms with Crippen molar-refractivity contribution in [2.75, 3.05) is 0 Å². The number of aromatic amines is 1. The monoisotopic (exact) mass is 693 g/mol. The van der Waals surface area contributed by atoms with Crippen LogP contribution in [-0.4, -0.2) is 21.2 Å². The molecule has 0 fully saturated rings. The van der Waals surface area contributed by atoms with Crippen molar-refractivity contribution >= 4 is 66.1 Å². The van der Waals surface area contributed by atoms with Gasteiger partial charge >= 0.3 is 0 Å². The first-order valence-corrected chi connectivity index (χ1v) is 18.3. The highest BCUT2D eigenvalue weighted by Crippen LogP contribution is 2.37. The molecule has 0 aliphatic rings. The van der Waals surface area contributed by atoms with Gasteiger partial charge in [0.05, 0.1) is 11.0 Å². The molecule has 0 saturated heterocycles. The standard InChI is InChI=1S/C49H35N5/c50-48(33-13-5-2-6-14-33)53-49(51-31-32-11-3-1-4-12-32)38-20-19-35-28-39(24-21-34(35)27-38)54-46-18-10-8-16-41(46)43-30-37(23-26-47(43)54)36-22-25-45-42(29-36)40-15-7-9-17-44(40)52-45/h1-30,52H,31H2,(H2,50,51,53). The van der Waals surface area contributed by atoms with Gasteiger partial charge in [0.1, 0.15) is 5.84 Å². The molecular weight excluding hydrogens is 659 g/mol. The van der Waals surface area contributed by atoms with E-state index in [1.807, 2.05) is 48.5 Å². The number of aromatic nitrogens is 2. The summed E-state index contributed by atoms with van der Waals surface area (Å²) in [6.45, 7) is 0.603. The quantitative estimate of drug-likeness (QED) is 0.118. The van der Waals surface area contributed by atoms with E-state index in [0.29, 0.717) is 12.4 Å². The summed E-state index contributed by atoms with van der Waals surface area (Å²) in [6, 6.07) is 63.8. The highest BCUT2D eigenvalue weighted by molar-refractivity contribution is 6.13. The second-order valence-corrected chi connectivity index (χ2v) is 13.8. The van der Waals surface area contributed by atoms with Crippen LogP contribution < -0.4 is 5.32 Å². The molecule has 2 heterocycles. The number of para-hydroxylation sites is 2. The number of nitrogens with zero attached hydrogens (tertiary/aromatic N) is 2. The first kappa shape index (κ1) is 31.5. The van der Waals surface area contributed by atoms with Gasteiger partial charge in [-0.05, 0) is 82.1 Å². The SMILES string of the molecule is N=C(N=C(NCc1ccccc1)c1ccc2cc(-n3c4ccccc4c4cc(-c5ccc6[nH]c7ccccc7c6c5)ccc43)ccc2c1)c1ccccc1. The van der Waals surface area contributed by atoms with Gasteiger partial charge in [-0.25, -0.2) is 4.99 Å². The minimum absolute atomic E-state index is 0.217. The van der Waals surface area contributed by atoms with Crippen molar-refractivity contribution < 1.29 is 0 Å². The molecule has 10 aromatic rings. The number of hydrogen-bond acceptors (Lipinski definition) is 1. The fraction of sp³-hybridized carbons (Fsp3) is 0.0204. The second-order valence-electron chi connectivity index (χ2n) is 13.8. The summed E-state index contributed by atoms with van der Waals surface area (Å²) in [5.74, 6) is 0.885. The zero-order chi connectivity index (χ0) is 36.0. The van der Waals surface area contributed by atoms with Crippen molar-refractivity contribution in [3.8, 4) is 16.8 Å². The third-order valence-electron chi connectivity index (χ3n) is 10.4. The molecule has 8 aromatic carbocycles. The number of nitrogens with one attached hydrogen (secondary N) is 3. The van der Waals surface area contributed by atoms with Gasteiger partial charge in [0.15, 0.2) is 5.84 Å². The van der Waals surface area contributed by atoms with E-state index < -0.39 is 0 Å². The molecular formula is C49H35N5. The molecule has 3 N–H and O–H groups in total. The average Bonchev–Trinajstić information content (AvgIpc) is 3.77. The van der Waals surface area contributed by atoms with Gasteiger partial charge in [-0.3, -0.25) is 5.41 Å². The Labute approximate surface area is 312 Å². The summed E-state index contributed by atoms with van der Waals surface area (Å²) in [7, 11) is 0. The maximum absolute atomic E-state index is 8.78. The summed E-state index contributed by atoms with van der Waals surface area (Å²) in [4.78, 5) is 8.36. The van der Waals surface area contributed by atoms with Crippen LogP contribution in [0.5, 0.6) is 0 Å². The molecule has 5 heteroatoms. The molecule has 0 atom stereocenters. The van der Waals surface area contributed by atoms with E-state index >= 15 is 0 Å². The average molecular weight is 694 g/mol. The fourth-order valence-corrected chi connectivity index (χ4v) is 7.74. The minimum Gasteiger partial charge on any atom is -0.365 e. The Morgan fingerprint density at radius 3 is 2.02 bits per heavy atom. The van der Waals surface area contributed by atoms with Crippen molar-refractivity contribution in [1.82, 2.24) is 14.9 Å². The van der Waals surface area contributed by atoms with Gasteiger partial charge in [0.2, 0.25) is 0 Å². The molecule has 5 nitrogen and oxygen atoms in total. The molecule has 0 bridgehead atoms. The first-order valence-electron chi connectivity index (χ1n) is 18.3. The lowest BCUT2D eigenvalue weighted by atomic mass is 10.0. The zero-order valence-electron chi connectivity index (χ0n) is 29.4. The zero-order valence-corrected chi connectivity index (χ0v) is 29.4. The Bertz CT molecular complexity index is 3060. The number of rotatable bonds is 6. The molecule has 0 amide bonds. The Morgan fingerprint density at radius 1 is 0.519 bits per heavy atom. The third kappa shape index (κ3) is 5.60. The van der Waals surface area contributed by atoms with Crippen LogP contribution in [-0.2, 0) is 6.54 Å². The molecule has 0 aliphatic carbocycles. The smallest absolute Gasteiger partial charge is 0.154 e. The van der Waals surface area contributed by atoms with E-state index in [1.165, 1.54) is 43.7 Å². The number of amidine groups is 2. The number of benzene rings is 8. The van der Waals surface area contributed by atoms with Gasteiger partial charge in [-0.15, -0.1) is 0 Å². The maximum atomic E-state index is 8.78. The summed E-state index contributed by atoms with van der Waals surface area (Å²) >= 11 is 0. The van der Waals surface area contributed by atoms with Gasteiger partial charge in [-0.2, -0.15) is 0 Å². The van der Waals surface area contributed by atoms with Crippen LogP contribution in [0.15, 0.2) is 187 Å². The van der Waals surface area contributed by atoms with Crippen LogP contribution in [0.25, 0.3) is 71.2 Å². The third-order valence-corrected chi connectivity index (χ3v) is 10.4. The highest BCUT2D eigenvalue weighted by Gasteiger charge is 2.15. The molecule has 0 saturated carbocycles. The van der Waals surface area contributed by atoms with Crippen LogP contribution in [0.4, 0.5) is 0 Å². The number of fused-ring (bicyclic) bond motifs is 7. The van der Waals surface area contributed by atoms with Crippen molar-refractivity contribution in [2.45, 2.75) is 6.54 Å². The van der Waals surface area contributed by atoms with Crippen LogP contribution in [0.1, 0.15) is 16.7 Å². The Morgan fingerprint density at radius 2 is 1.17 bits per heavy atom. The summed E-state index contributed by atoms with van der Waals surface area (Å²) in [6.07, 6.45) is 0. The minimum atomic E-state index is 0.217. The molecule has 0 spiro atoms. The molecule has 0 aliphatic heterocycles. The maximum Gasteiger partial charge on any atom is 0.154 e.